The van der Waals surface area contributed by atoms with Crippen LogP contribution in [-0.4, -0.2) is 24.2 Å². The molecule has 0 aromatic heterocycles. The summed E-state index contributed by atoms with van der Waals surface area (Å²) < 4.78 is 0. The van der Waals surface area contributed by atoms with Crippen molar-refractivity contribution in [1.29, 1.82) is 0 Å². The molecule has 1 aromatic rings. The highest BCUT2D eigenvalue weighted by Crippen LogP contribution is 2.34. The van der Waals surface area contributed by atoms with Crippen LogP contribution in [0.3, 0.4) is 0 Å². The molecule has 0 spiro atoms. The second kappa shape index (κ2) is 7.28. The fourth-order valence-corrected chi connectivity index (χ4v) is 2.82. The van der Waals surface area contributed by atoms with Crippen molar-refractivity contribution in [2.45, 2.75) is 39.0 Å². The predicted octanol–water partition coefficient (Wildman–Crippen LogP) is 2.73. The summed E-state index contributed by atoms with van der Waals surface area (Å²) in [7, 11) is 0. The zero-order valence-corrected chi connectivity index (χ0v) is 12.6. The van der Waals surface area contributed by atoms with Crippen LogP contribution in [0.4, 0.5) is 0 Å². The van der Waals surface area contributed by atoms with Crippen molar-refractivity contribution >= 4 is 5.91 Å². The van der Waals surface area contributed by atoms with Crippen molar-refractivity contribution < 1.29 is 9.90 Å². The molecule has 0 bridgehead atoms. The first-order chi connectivity index (χ1) is 10.1. The summed E-state index contributed by atoms with van der Waals surface area (Å²) in [4.78, 5) is 12.2. The Bertz CT molecular complexity index is 531. The van der Waals surface area contributed by atoms with Gasteiger partial charge < -0.3 is 10.4 Å². The monoisotopic (exact) mass is 285 g/mol. The van der Waals surface area contributed by atoms with E-state index in [4.69, 9.17) is 5.11 Å². The van der Waals surface area contributed by atoms with Crippen molar-refractivity contribution in [3.63, 3.8) is 0 Å². The molecule has 1 aliphatic rings. The topological polar surface area (TPSA) is 49.3 Å². The maximum Gasteiger partial charge on any atom is 0.251 e. The van der Waals surface area contributed by atoms with Crippen LogP contribution in [0.25, 0.3) is 0 Å². The molecular weight excluding hydrogens is 262 g/mol. The van der Waals surface area contributed by atoms with Gasteiger partial charge in [0.15, 0.2) is 0 Å². The molecule has 112 valence electrons. The minimum Gasteiger partial charge on any atom is -0.384 e. The summed E-state index contributed by atoms with van der Waals surface area (Å²) >= 11 is 0. The van der Waals surface area contributed by atoms with Gasteiger partial charge in [-0.15, -0.1) is 0 Å². The van der Waals surface area contributed by atoms with Crippen LogP contribution in [0.15, 0.2) is 24.3 Å². The van der Waals surface area contributed by atoms with Gasteiger partial charge in [0.05, 0.1) is 0 Å². The van der Waals surface area contributed by atoms with Crippen LogP contribution < -0.4 is 5.32 Å². The first-order valence-corrected chi connectivity index (χ1v) is 7.61. The van der Waals surface area contributed by atoms with Crippen molar-refractivity contribution in [2.24, 2.45) is 5.41 Å². The molecule has 2 rings (SSSR count). The fourth-order valence-electron chi connectivity index (χ4n) is 2.82. The van der Waals surface area contributed by atoms with Gasteiger partial charge in [-0.05, 0) is 42.5 Å². The summed E-state index contributed by atoms with van der Waals surface area (Å²) in [5.74, 6) is 5.39. The van der Waals surface area contributed by atoms with Gasteiger partial charge >= 0.3 is 0 Å². The van der Waals surface area contributed by atoms with Gasteiger partial charge in [-0.2, -0.15) is 0 Å². The third-order valence-corrected chi connectivity index (χ3v) is 4.20. The number of rotatable bonds is 3. The molecule has 0 saturated heterocycles. The standard InChI is InChI=1S/C18H23NO2/c1-18(11-3-2-4-12-18)14-19-17(21)16-9-7-15(8-10-16)6-5-13-20/h7-10,20H,2-4,11-14H2,1H3,(H,19,21). The maximum absolute atomic E-state index is 12.2. The number of aliphatic hydroxyl groups is 1. The van der Waals surface area contributed by atoms with E-state index in [1.54, 1.807) is 24.3 Å². The Kier molecular flexibility index (Phi) is 5.41. The van der Waals surface area contributed by atoms with Crippen LogP contribution in [0.1, 0.15) is 54.9 Å². The van der Waals surface area contributed by atoms with Gasteiger partial charge in [0.1, 0.15) is 6.61 Å². The Morgan fingerprint density at radius 1 is 1.24 bits per heavy atom. The zero-order valence-electron chi connectivity index (χ0n) is 12.6. The number of hydrogen-bond acceptors (Lipinski definition) is 2. The molecule has 2 N–H and O–H groups in total. The molecule has 0 radical (unpaired) electrons. The van der Waals surface area contributed by atoms with Crippen LogP contribution >= 0.6 is 0 Å². The number of carbonyl (C=O) groups excluding carboxylic acids is 1. The minimum absolute atomic E-state index is 0.0246. The van der Waals surface area contributed by atoms with Gasteiger partial charge in [-0.25, -0.2) is 0 Å². The Balaban J connectivity index is 1.91. The molecule has 1 saturated carbocycles. The summed E-state index contributed by atoms with van der Waals surface area (Å²) in [5, 5.41) is 11.7. The van der Waals surface area contributed by atoms with Gasteiger partial charge in [-0.1, -0.05) is 38.0 Å². The number of benzene rings is 1. The molecule has 1 aliphatic carbocycles. The Morgan fingerprint density at radius 3 is 2.52 bits per heavy atom. The maximum atomic E-state index is 12.2. The number of hydrogen-bond donors (Lipinski definition) is 2. The first-order valence-electron chi connectivity index (χ1n) is 7.61. The van der Waals surface area contributed by atoms with Crippen LogP contribution in [0.5, 0.6) is 0 Å². The average Bonchev–Trinajstić information content (AvgIpc) is 2.52. The molecule has 1 fully saturated rings. The van der Waals surface area contributed by atoms with E-state index in [1.807, 2.05) is 0 Å². The SMILES string of the molecule is CC1(CNC(=O)c2ccc(C#CCO)cc2)CCCCC1. The summed E-state index contributed by atoms with van der Waals surface area (Å²) in [6.45, 7) is 2.86. The van der Waals surface area contributed by atoms with Crippen molar-refractivity contribution in [2.75, 3.05) is 13.2 Å². The Labute approximate surface area is 126 Å². The summed E-state index contributed by atoms with van der Waals surface area (Å²) in [5.41, 5.74) is 1.71. The van der Waals surface area contributed by atoms with Crippen molar-refractivity contribution in [1.82, 2.24) is 5.32 Å². The second-order valence-electron chi connectivity index (χ2n) is 6.09. The highest BCUT2D eigenvalue weighted by Gasteiger charge is 2.27. The molecule has 0 atom stereocenters. The lowest BCUT2D eigenvalue weighted by atomic mass is 9.76. The van der Waals surface area contributed by atoms with Crippen LogP contribution in [-0.2, 0) is 0 Å². The first kappa shape index (κ1) is 15.6. The van der Waals surface area contributed by atoms with Crippen LogP contribution in [0, 0.1) is 17.3 Å². The third kappa shape index (κ3) is 4.61. The van der Waals surface area contributed by atoms with E-state index in [2.05, 4.69) is 24.1 Å². The minimum atomic E-state index is -0.152. The smallest absolute Gasteiger partial charge is 0.251 e. The predicted molar refractivity (Wildman–Crippen MR) is 83.9 cm³/mol. The third-order valence-electron chi connectivity index (χ3n) is 4.20. The average molecular weight is 285 g/mol. The van der Waals surface area contributed by atoms with E-state index in [-0.39, 0.29) is 17.9 Å². The van der Waals surface area contributed by atoms with E-state index in [0.717, 1.165) is 12.1 Å². The lowest BCUT2D eigenvalue weighted by Gasteiger charge is -2.33. The van der Waals surface area contributed by atoms with E-state index in [9.17, 15) is 4.79 Å². The molecule has 1 amide bonds. The largest absolute Gasteiger partial charge is 0.384 e. The molecule has 0 aliphatic heterocycles. The highest BCUT2D eigenvalue weighted by atomic mass is 16.2. The lowest BCUT2D eigenvalue weighted by Crippen LogP contribution is -2.37. The van der Waals surface area contributed by atoms with E-state index in [0.29, 0.717) is 5.56 Å². The second-order valence-corrected chi connectivity index (χ2v) is 6.09. The molecule has 0 unspecified atom stereocenters. The number of carbonyl (C=O) groups is 1. The molecule has 0 heterocycles. The van der Waals surface area contributed by atoms with Gasteiger partial charge in [0, 0.05) is 17.7 Å². The fraction of sp³-hybridized carbons (Fsp3) is 0.500. The van der Waals surface area contributed by atoms with Gasteiger partial charge in [-0.3, -0.25) is 4.79 Å². The molecule has 3 heteroatoms. The molecule has 3 nitrogen and oxygen atoms in total. The quantitative estimate of drug-likeness (QED) is 0.839. The molecule has 21 heavy (non-hydrogen) atoms. The molecule has 1 aromatic carbocycles. The van der Waals surface area contributed by atoms with Crippen molar-refractivity contribution in [3.05, 3.63) is 35.4 Å². The number of nitrogens with one attached hydrogen (secondary N) is 1. The Hall–Kier alpha value is -1.79. The van der Waals surface area contributed by atoms with E-state index < -0.39 is 0 Å². The van der Waals surface area contributed by atoms with Gasteiger partial charge in [0.2, 0.25) is 0 Å². The van der Waals surface area contributed by atoms with E-state index >= 15 is 0 Å². The summed E-state index contributed by atoms with van der Waals surface area (Å²) in [6, 6.07) is 7.17. The lowest BCUT2D eigenvalue weighted by molar-refractivity contribution is 0.0919. The van der Waals surface area contributed by atoms with E-state index in [1.165, 1.54) is 32.1 Å². The number of aliphatic hydroxyl groups excluding tert-OH is 1. The Morgan fingerprint density at radius 2 is 1.90 bits per heavy atom. The van der Waals surface area contributed by atoms with Crippen molar-refractivity contribution in [3.8, 4) is 11.8 Å². The normalized spacial score (nSPS) is 16.7. The summed E-state index contributed by atoms with van der Waals surface area (Å²) in [6.07, 6.45) is 6.25. The highest BCUT2D eigenvalue weighted by molar-refractivity contribution is 5.94. The molecular formula is C18H23NO2. The zero-order chi connectivity index (χ0) is 15.1. The van der Waals surface area contributed by atoms with Gasteiger partial charge in [0.25, 0.3) is 5.91 Å². The number of amides is 1. The van der Waals surface area contributed by atoms with Crippen LogP contribution in [0.2, 0.25) is 0 Å².